The van der Waals surface area contributed by atoms with Crippen molar-refractivity contribution in [3.8, 4) is 0 Å². The van der Waals surface area contributed by atoms with Crippen LogP contribution in [-0.4, -0.2) is 18.2 Å². The topological polar surface area (TPSA) is 55.1 Å². The summed E-state index contributed by atoms with van der Waals surface area (Å²) in [6.45, 7) is 0.557. The highest BCUT2D eigenvalue weighted by atomic mass is 32.2. The molecule has 3 nitrogen and oxygen atoms in total. The van der Waals surface area contributed by atoms with Gasteiger partial charge in [-0.05, 0) is 17.7 Å². The molecule has 2 rings (SSSR count). The Hall–Kier alpha value is -1.85. The van der Waals surface area contributed by atoms with Gasteiger partial charge in [0.1, 0.15) is 11.9 Å². The number of carbonyl (C=O) groups excluding carboxylic acids is 1. The summed E-state index contributed by atoms with van der Waals surface area (Å²) in [7, 11) is 0. The Bertz CT molecular complexity index is 592. The molecule has 0 spiro atoms. The van der Waals surface area contributed by atoms with Crippen LogP contribution in [0, 0.1) is 5.82 Å². The van der Waals surface area contributed by atoms with Crippen molar-refractivity contribution in [3.63, 3.8) is 0 Å². The summed E-state index contributed by atoms with van der Waals surface area (Å²) in [6, 6.07) is 15.4. The average molecular weight is 304 g/mol. The fourth-order valence-electron chi connectivity index (χ4n) is 1.95. The zero-order valence-corrected chi connectivity index (χ0v) is 12.3. The minimum atomic E-state index is -0.521. The second-order valence-electron chi connectivity index (χ2n) is 4.48. The Kier molecular flexibility index (Phi) is 5.78. The maximum atomic E-state index is 13.5. The van der Waals surface area contributed by atoms with Crippen molar-refractivity contribution in [3.05, 3.63) is 66.0 Å². The zero-order chi connectivity index (χ0) is 15.1. The molecule has 110 valence electrons. The van der Waals surface area contributed by atoms with Crippen molar-refractivity contribution >= 4 is 17.7 Å². The van der Waals surface area contributed by atoms with E-state index in [1.807, 2.05) is 30.3 Å². The molecule has 0 aliphatic carbocycles. The van der Waals surface area contributed by atoms with Crippen LogP contribution >= 0.6 is 11.8 Å². The lowest BCUT2D eigenvalue weighted by Crippen LogP contribution is -2.34. The standard InChI is InChI=1S/C16H17FN2OS/c17-13-8-4-5-9-14(13)21-11-10-19-15(16(18)20)12-6-2-1-3-7-12/h1-9,15,19H,10-11H2,(H2,18,20). The molecule has 1 amide bonds. The summed E-state index contributed by atoms with van der Waals surface area (Å²) in [5, 5.41) is 3.11. The van der Waals surface area contributed by atoms with Gasteiger partial charge >= 0.3 is 0 Å². The van der Waals surface area contributed by atoms with E-state index in [4.69, 9.17) is 5.73 Å². The van der Waals surface area contributed by atoms with E-state index in [9.17, 15) is 9.18 Å². The maximum absolute atomic E-state index is 13.5. The molecular formula is C16H17FN2OS. The lowest BCUT2D eigenvalue weighted by atomic mass is 10.1. The molecule has 0 radical (unpaired) electrons. The van der Waals surface area contributed by atoms with Crippen molar-refractivity contribution < 1.29 is 9.18 Å². The van der Waals surface area contributed by atoms with Gasteiger partial charge in [0.15, 0.2) is 0 Å². The summed E-state index contributed by atoms with van der Waals surface area (Å²) >= 11 is 1.41. The Balaban J connectivity index is 1.86. The molecule has 0 aromatic heterocycles. The van der Waals surface area contributed by atoms with Gasteiger partial charge in [-0.25, -0.2) is 4.39 Å². The fourth-order valence-corrected chi connectivity index (χ4v) is 2.77. The van der Waals surface area contributed by atoms with Crippen LogP contribution in [0.2, 0.25) is 0 Å². The number of nitrogens with two attached hydrogens (primary N) is 1. The second-order valence-corrected chi connectivity index (χ2v) is 5.62. The Morgan fingerprint density at radius 1 is 1.14 bits per heavy atom. The van der Waals surface area contributed by atoms with Crippen LogP contribution in [0.1, 0.15) is 11.6 Å². The van der Waals surface area contributed by atoms with Gasteiger partial charge in [-0.3, -0.25) is 4.79 Å². The summed E-state index contributed by atoms with van der Waals surface area (Å²) in [4.78, 5) is 12.1. The summed E-state index contributed by atoms with van der Waals surface area (Å²) in [5.41, 5.74) is 6.25. The van der Waals surface area contributed by atoms with E-state index in [-0.39, 0.29) is 5.82 Å². The molecule has 0 heterocycles. The van der Waals surface area contributed by atoms with Crippen LogP contribution in [-0.2, 0) is 4.79 Å². The highest BCUT2D eigenvalue weighted by molar-refractivity contribution is 7.99. The highest BCUT2D eigenvalue weighted by Crippen LogP contribution is 2.20. The molecule has 5 heteroatoms. The highest BCUT2D eigenvalue weighted by Gasteiger charge is 2.16. The number of amides is 1. The molecule has 1 atom stereocenters. The van der Waals surface area contributed by atoms with E-state index in [1.54, 1.807) is 18.2 Å². The zero-order valence-electron chi connectivity index (χ0n) is 11.5. The molecule has 3 N–H and O–H groups in total. The third-order valence-electron chi connectivity index (χ3n) is 2.96. The summed E-state index contributed by atoms with van der Waals surface area (Å²) < 4.78 is 13.5. The molecule has 2 aromatic rings. The van der Waals surface area contributed by atoms with E-state index in [1.165, 1.54) is 17.8 Å². The number of carbonyl (C=O) groups is 1. The van der Waals surface area contributed by atoms with Crippen LogP contribution in [0.15, 0.2) is 59.5 Å². The lowest BCUT2D eigenvalue weighted by Gasteiger charge is -2.15. The second kappa shape index (κ2) is 7.81. The first kappa shape index (κ1) is 15.5. The van der Waals surface area contributed by atoms with Gasteiger partial charge in [0.25, 0.3) is 0 Å². The van der Waals surface area contributed by atoms with E-state index in [0.717, 1.165) is 5.56 Å². The lowest BCUT2D eigenvalue weighted by molar-refractivity contribution is -0.120. The number of halogens is 1. The molecule has 0 fully saturated rings. The first-order valence-corrected chi connectivity index (χ1v) is 7.62. The molecule has 0 aliphatic heterocycles. The van der Waals surface area contributed by atoms with Gasteiger partial charge in [-0.15, -0.1) is 11.8 Å². The minimum absolute atomic E-state index is 0.225. The number of primary amides is 1. The van der Waals surface area contributed by atoms with Gasteiger partial charge < -0.3 is 11.1 Å². The van der Waals surface area contributed by atoms with E-state index in [2.05, 4.69) is 5.32 Å². The van der Waals surface area contributed by atoms with Crippen molar-refractivity contribution in [1.82, 2.24) is 5.32 Å². The van der Waals surface area contributed by atoms with Crippen molar-refractivity contribution in [2.45, 2.75) is 10.9 Å². The Labute approximate surface area is 127 Å². The molecule has 2 aromatic carbocycles. The van der Waals surface area contributed by atoms with Gasteiger partial charge in [0, 0.05) is 17.2 Å². The van der Waals surface area contributed by atoms with Crippen LogP contribution < -0.4 is 11.1 Å². The quantitative estimate of drug-likeness (QED) is 0.611. The van der Waals surface area contributed by atoms with Crippen molar-refractivity contribution in [2.24, 2.45) is 5.73 Å². The molecule has 1 unspecified atom stereocenters. The Morgan fingerprint density at radius 3 is 2.48 bits per heavy atom. The van der Waals surface area contributed by atoms with Gasteiger partial charge in [0.2, 0.25) is 5.91 Å². The monoisotopic (exact) mass is 304 g/mol. The molecule has 0 saturated carbocycles. The number of rotatable bonds is 7. The molecule has 0 saturated heterocycles. The van der Waals surface area contributed by atoms with Crippen LogP contribution in [0.3, 0.4) is 0 Å². The van der Waals surface area contributed by atoms with Gasteiger partial charge in [-0.2, -0.15) is 0 Å². The summed E-state index contributed by atoms with van der Waals surface area (Å²) in [6.07, 6.45) is 0. The molecule has 21 heavy (non-hydrogen) atoms. The summed E-state index contributed by atoms with van der Waals surface area (Å²) in [5.74, 6) is 0.00599. The van der Waals surface area contributed by atoms with E-state index < -0.39 is 11.9 Å². The number of nitrogens with one attached hydrogen (secondary N) is 1. The third kappa shape index (κ3) is 4.58. The largest absolute Gasteiger partial charge is 0.368 e. The first-order chi connectivity index (χ1) is 10.2. The third-order valence-corrected chi connectivity index (χ3v) is 4.01. The maximum Gasteiger partial charge on any atom is 0.239 e. The van der Waals surface area contributed by atoms with Crippen LogP contribution in [0.5, 0.6) is 0 Å². The normalized spacial score (nSPS) is 12.0. The molecule has 0 aliphatic rings. The average Bonchev–Trinajstić information content (AvgIpc) is 2.49. The number of hydrogen-bond acceptors (Lipinski definition) is 3. The van der Waals surface area contributed by atoms with Crippen LogP contribution in [0.25, 0.3) is 0 Å². The minimum Gasteiger partial charge on any atom is -0.368 e. The Morgan fingerprint density at radius 2 is 1.81 bits per heavy atom. The van der Waals surface area contributed by atoms with E-state index in [0.29, 0.717) is 17.2 Å². The number of thioether (sulfide) groups is 1. The smallest absolute Gasteiger partial charge is 0.239 e. The van der Waals surface area contributed by atoms with Crippen molar-refractivity contribution in [1.29, 1.82) is 0 Å². The van der Waals surface area contributed by atoms with E-state index >= 15 is 0 Å². The number of benzene rings is 2. The van der Waals surface area contributed by atoms with Gasteiger partial charge in [-0.1, -0.05) is 42.5 Å². The molecular weight excluding hydrogens is 287 g/mol. The fraction of sp³-hybridized carbons (Fsp3) is 0.188. The predicted molar refractivity (Wildman–Crippen MR) is 83.5 cm³/mol. The van der Waals surface area contributed by atoms with Crippen LogP contribution in [0.4, 0.5) is 4.39 Å². The molecule has 0 bridgehead atoms. The van der Waals surface area contributed by atoms with Crippen molar-refractivity contribution in [2.75, 3.05) is 12.3 Å². The number of hydrogen-bond donors (Lipinski definition) is 2. The SMILES string of the molecule is NC(=O)C(NCCSc1ccccc1F)c1ccccc1. The van der Waals surface area contributed by atoms with Gasteiger partial charge in [0.05, 0.1) is 0 Å². The first-order valence-electron chi connectivity index (χ1n) is 6.63. The predicted octanol–water partition coefficient (Wildman–Crippen LogP) is 2.73.